The van der Waals surface area contributed by atoms with Crippen molar-refractivity contribution in [3.05, 3.63) is 29.3 Å². The van der Waals surface area contributed by atoms with Crippen molar-refractivity contribution in [3.8, 4) is 0 Å². The molecule has 0 atom stereocenters. The van der Waals surface area contributed by atoms with Gasteiger partial charge >= 0.3 is 0 Å². The average Bonchev–Trinajstić information content (AvgIpc) is 3.04. The zero-order valence-electron chi connectivity index (χ0n) is 12.6. The van der Waals surface area contributed by atoms with Crippen LogP contribution in [0.2, 0.25) is 0 Å². The van der Waals surface area contributed by atoms with Crippen molar-refractivity contribution in [2.24, 2.45) is 0 Å². The Labute approximate surface area is 134 Å². The first-order valence-corrected chi connectivity index (χ1v) is 8.53. The average molecular weight is 356 g/mol. The van der Waals surface area contributed by atoms with Crippen LogP contribution < -0.4 is 4.90 Å². The summed E-state index contributed by atoms with van der Waals surface area (Å²) in [5.41, 5.74) is 3.38. The highest BCUT2D eigenvalue weighted by atomic mass is 79.9. The van der Waals surface area contributed by atoms with E-state index < -0.39 is 0 Å². The molecule has 1 aliphatic rings. The predicted octanol–water partition coefficient (Wildman–Crippen LogP) is 2.91. The third kappa shape index (κ3) is 3.84. The van der Waals surface area contributed by atoms with Gasteiger partial charge in [0.1, 0.15) is 0 Å². The largest absolute Gasteiger partial charge is 0.348 e. The van der Waals surface area contributed by atoms with Crippen LogP contribution in [0.5, 0.6) is 0 Å². The van der Waals surface area contributed by atoms with Gasteiger partial charge < -0.3 is 14.4 Å². The molecule has 2 rings (SSSR count). The highest BCUT2D eigenvalue weighted by Crippen LogP contribution is 2.28. The molecule has 116 valence electrons. The monoisotopic (exact) mass is 355 g/mol. The number of nitrogens with zero attached hydrogens (tertiary/aromatic N) is 1. The van der Waals surface area contributed by atoms with Gasteiger partial charge in [0.25, 0.3) is 0 Å². The molecule has 0 spiro atoms. The molecular formula is C16H22BrNO3. The first-order valence-electron chi connectivity index (χ1n) is 7.41. The van der Waals surface area contributed by atoms with Crippen molar-refractivity contribution >= 4 is 27.5 Å². The van der Waals surface area contributed by atoms with Crippen LogP contribution in [0.25, 0.3) is 0 Å². The van der Waals surface area contributed by atoms with Gasteiger partial charge in [0.2, 0.25) is 5.91 Å². The van der Waals surface area contributed by atoms with E-state index in [1.54, 1.807) is 0 Å². The highest BCUT2D eigenvalue weighted by Gasteiger charge is 2.26. The number of halogens is 1. The Balaban J connectivity index is 2.37. The second-order valence-corrected chi connectivity index (χ2v) is 5.50. The van der Waals surface area contributed by atoms with Crippen LogP contribution in [0, 0.1) is 0 Å². The van der Waals surface area contributed by atoms with Crippen LogP contribution in [-0.2, 0) is 27.1 Å². The second-order valence-electron chi connectivity index (χ2n) is 4.94. The maximum absolute atomic E-state index is 12.4. The number of benzene rings is 1. The van der Waals surface area contributed by atoms with E-state index in [1.165, 1.54) is 11.1 Å². The molecule has 21 heavy (non-hydrogen) atoms. The number of para-hydroxylation sites is 1. The summed E-state index contributed by atoms with van der Waals surface area (Å²) in [5.74, 6) is 0.0321. The van der Waals surface area contributed by atoms with Crippen molar-refractivity contribution in [1.29, 1.82) is 0 Å². The number of carbonyl (C=O) groups excluding carboxylic acids is 1. The van der Waals surface area contributed by atoms with E-state index in [1.807, 2.05) is 4.90 Å². The van der Waals surface area contributed by atoms with Gasteiger partial charge in [0, 0.05) is 0 Å². The first-order chi connectivity index (χ1) is 10.2. The van der Waals surface area contributed by atoms with E-state index in [4.69, 9.17) is 9.47 Å². The van der Waals surface area contributed by atoms with Gasteiger partial charge in [0.05, 0.1) is 30.8 Å². The van der Waals surface area contributed by atoms with E-state index in [-0.39, 0.29) is 12.2 Å². The fourth-order valence-corrected chi connectivity index (χ4v) is 2.92. The summed E-state index contributed by atoms with van der Waals surface area (Å²) in [6, 6.07) is 6.22. The van der Waals surface area contributed by atoms with Crippen molar-refractivity contribution in [3.63, 3.8) is 0 Å². The molecule has 0 aromatic heterocycles. The SMILES string of the molecule is CCc1cccc(CC)c1N(CC1OCCO1)C(=O)CBr. The minimum atomic E-state index is -0.331. The smallest absolute Gasteiger partial charge is 0.237 e. The minimum Gasteiger partial charge on any atom is -0.348 e. The van der Waals surface area contributed by atoms with Gasteiger partial charge in [-0.2, -0.15) is 0 Å². The first kappa shape index (κ1) is 16.5. The molecule has 5 heteroatoms. The lowest BCUT2D eigenvalue weighted by atomic mass is 10.0. The summed E-state index contributed by atoms with van der Waals surface area (Å²) < 4.78 is 11.0. The zero-order valence-corrected chi connectivity index (χ0v) is 14.2. The molecule has 0 aliphatic carbocycles. The molecule has 1 aromatic rings. The van der Waals surface area contributed by atoms with E-state index in [0.717, 1.165) is 18.5 Å². The topological polar surface area (TPSA) is 38.8 Å². The molecule has 1 aromatic carbocycles. The van der Waals surface area contributed by atoms with Gasteiger partial charge in [-0.3, -0.25) is 4.79 Å². The lowest BCUT2D eigenvalue weighted by Gasteiger charge is -2.28. The third-order valence-electron chi connectivity index (χ3n) is 3.67. The van der Waals surface area contributed by atoms with E-state index >= 15 is 0 Å². The van der Waals surface area contributed by atoms with Crippen LogP contribution in [0.3, 0.4) is 0 Å². The van der Waals surface area contributed by atoms with Gasteiger partial charge in [-0.1, -0.05) is 48.0 Å². The Morgan fingerprint density at radius 3 is 2.29 bits per heavy atom. The number of aryl methyl sites for hydroxylation is 2. The van der Waals surface area contributed by atoms with Gasteiger partial charge in [-0.15, -0.1) is 0 Å². The Kier molecular flexibility index (Phi) is 6.21. The number of anilines is 1. The summed E-state index contributed by atoms with van der Waals surface area (Å²) in [6.45, 7) is 5.85. The van der Waals surface area contributed by atoms with E-state index in [2.05, 4.69) is 48.0 Å². The summed E-state index contributed by atoms with van der Waals surface area (Å²) in [4.78, 5) is 14.2. The molecule has 0 radical (unpaired) electrons. The van der Waals surface area contributed by atoms with Gasteiger partial charge in [-0.25, -0.2) is 0 Å². The fourth-order valence-electron chi connectivity index (χ4n) is 2.61. The lowest BCUT2D eigenvalue weighted by molar-refractivity contribution is -0.117. The van der Waals surface area contributed by atoms with Gasteiger partial charge in [0.15, 0.2) is 6.29 Å². The minimum absolute atomic E-state index is 0.0321. The molecule has 1 amide bonds. The normalized spacial score (nSPS) is 15.4. The highest BCUT2D eigenvalue weighted by molar-refractivity contribution is 9.09. The van der Waals surface area contributed by atoms with Crippen molar-refractivity contribution in [1.82, 2.24) is 0 Å². The zero-order chi connectivity index (χ0) is 15.2. The molecule has 0 saturated carbocycles. The third-order valence-corrected chi connectivity index (χ3v) is 4.15. The standard InChI is InChI=1S/C16H22BrNO3/c1-3-12-6-5-7-13(4-2)16(12)18(14(19)10-17)11-15-20-8-9-21-15/h5-7,15H,3-4,8-11H2,1-2H3. The Hall–Kier alpha value is -0.910. The predicted molar refractivity (Wildman–Crippen MR) is 87.0 cm³/mol. The van der Waals surface area contributed by atoms with Crippen LogP contribution in [-0.4, -0.2) is 37.3 Å². The molecule has 0 bridgehead atoms. The Bertz CT molecular complexity index is 464. The lowest BCUT2D eigenvalue weighted by Crippen LogP contribution is -2.40. The fraction of sp³-hybridized carbons (Fsp3) is 0.562. The summed E-state index contributed by atoms with van der Waals surface area (Å²) in [6.07, 6.45) is 1.45. The van der Waals surface area contributed by atoms with Crippen molar-refractivity contribution in [2.45, 2.75) is 33.0 Å². The molecule has 0 unspecified atom stereocenters. The molecular weight excluding hydrogens is 334 g/mol. The summed E-state index contributed by atoms with van der Waals surface area (Å²) >= 11 is 3.28. The summed E-state index contributed by atoms with van der Waals surface area (Å²) in [5, 5.41) is 0.293. The maximum atomic E-state index is 12.4. The number of hydrogen-bond acceptors (Lipinski definition) is 3. The van der Waals surface area contributed by atoms with Crippen LogP contribution in [0.4, 0.5) is 5.69 Å². The van der Waals surface area contributed by atoms with E-state index in [9.17, 15) is 4.79 Å². The second kappa shape index (κ2) is 7.92. The number of alkyl halides is 1. The molecule has 1 aliphatic heterocycles. The van der Waals surface area contributed by atoms with Crippen molar-refractivity contribution < 1.29 is 14.3 Å². The Morgan fingerprint density at radius 2 is 1.81 bits per heavy atom. The van der Waals surface area contributed by atoms with Crippen LogP contribution in [0.1, 0.15) is 25.0 Å². The quantitative estimate of drug-likeness (QED) is 0.736. The number of rotatable bonds is 6. The Morgan fingerprint density at radius 1 is 1.24 bits per heavy atom. The van der Waals surface area contributed by atoms with Crippen LogP contribution >= 0.6 is 15.9 Å². The molecule has 4 nitrogen and oxygen atoms in total. The number of carbonyl (C=O) groups is 1. The summed E-state index contributed by atoms with van der Waals surface area (Å²) in [7, 11) is 0. The van der Waals surface area contributed by atoms with Gasteiger partial charge in [-0.05, 0) is 24.0 Å². The molecule has 1 heterocycles. The number of amides is 1. The number of hydrogen-bond donors (Lipinski definition) is 0. The molecule has 1 fully saturated rings. The maximum Gasteiger partial charge on any atom is 0.237 e. The molecule has 1 saturated heterocycles. The number of ether oxygens (including phenoxy) is 2. The van der Waals surface area contributed by atoms with E-state index in [0.29, 0.717) is 25.1 Å². The van der Waals surface area contributed by atoms with Crippen molar-refractivity contribution in [2.75, 3.05) is 30.0 Å². The molecule has 0 N–H and O–H groups in total. The van der Waals surface area contributed by atoms with Crippen LogP contribution in [0.15, 0.2) is 18.2 Å².